The average Bonchev–Trinajstić information content (AvgIpc) is 2.75. The molecule has 0 aromatic heterocycles. The van der Waals surface area contributed by atoms with Crippen molar-refractivity contribution >= 4 is 11.5 Å². The van der Waals surface area contributed by atoms with Crippen molar-refractivity contribution in [3.63, 3.8) is 0 Å². The zero-order valence-electron chi connectivity index (χ0n) is 14.6. The fourth-order valence-electron chi connectivity index (χ4n) is 3.39. The third-order valence-corrected chi connectivity index (χ3v) is 4.80. The Morgan fingerprint density at radius 3 is 1.92 bits per heavy atom. The first-order valence-corrected chi connectivity index (χ1v) is 9.04. The molecule has 0 spiro atoms. The van der Waals surface area contributed by atoms with Gasteiger partial charge in [0.2, 0.25) is 0 Å². The molecule has 0 saturated heterocycles. The molecule has 0 bridgehead atoms. The summed E-state index contributed by atoms with van der Waals surface area (Å²) in [5.74, 6) is 0.0674. The van der Waals surface area contributed by atoms with Crippen molar-refractivity contribution < 1.29 is 4.79 Å². The molecule has 26 heavy (non-hydrogen) atoms. The third-order valence-electron chi connectivity index (χ3n) is 4.80. The van der Waals surface area contributed by atoms with Crippen LogP contribution >= 0.6 is 0 Å². The van der Waals surface area contributed by atoms with E-state index in [0.717, 1.165) is 36.1 Å². The lowest BCUT2D eigenvalue weighted by Gasteiger charge is -2.25. The second-order valence-corrected chi connectivity index (χ2v) is 6.57. The zero-order chi connectivity index (χ0) is 17.8. The first kappa shape index (κ1) is 16.3. The Kier molecular flexibility index (Phi) is 4.65. The Morgan fingerprint density at radius 2 is 1.27 bits per heavy atom. The third kappa shape index (κ3) is 3.45. The van der Waals surface area contributed by atoms with Crippen LogP contribution in [0.5, 0.6) is 0 Å². The van der Waals surface area contributed by atoms with Gasteiger partial charge in [-0.05, 0) is 47.2 Å². The highest BCUT2D eigenvalue weighted by atomic mass is 16.2. The predicted octanol–water partition coefficient (Wildman–Crippen LogP) is 5.63. The predicted molar refractivity (Wildman–Crippen MR) is 107 cm³/mol. The summed E-state index contributed by atoms with van der Waals surface area (Å²) in [5, 5.41) is 0. The van der Waals surface area contributed by atoms with Crippen LogP contribution in [0.15, 0.2) is 91.1 Å². The van der Waals surface area contributed by atoms with Crippen LogP contribution in [0.1, 0.15) is 28.8 Å². The van der Waals surface area contributed by atoms with Gasteiger partial charge in [-0.15, -0.1) is 0 Å². The zero-order valence-corrected chi connectivity index (χ0v) is 14.6. The van der Waals surface area contributed by atoms with E-state index in [1.807, 2.05) is 71.8 Å². The maximum Gasteiger partial charge on any atom is 0.257 e. The van der Waals surface area contributed by atoms with Crippen LogP contribution in [-0.4, -0.2) is 17.4 Å². The normalized spacial score (nSPS) is 14.0. The second-order valence-electron chi connectivity index (χ2n) is 6.57. The number of carbonyl (C=O) groups is 1. The summed E-state index contributed by atoms with van der Waals surface area (Å²) in [5.41, 5.74) is 5.45. The molecule has 0 atom stereocenters. The lowest BCUT2D eigenvalue weighted by molar-refractivity contribution is 0.0817. The summed E-state index contributed by atoms with van der Waals surface area (Å²) < 4.78 is 0. The van der Waals surface area contributed by atoms with Crippen LogP contribution < -0.4 is 0 Å². The number of benzene rings is 3. The first-order chi connectivity index (χ1) is 12.8. The monoisotopic (exact) mass is 339 g/mol. The summed E-state index contributed by atoms with van der Waals surface area (Å²) >= 11 is 0. The minimum atomic E-state index is 0.0674. The number of carbonyl (C=O) groups excluding carboxylic acids is 1. The average molecular weight is 339 g/mol. The molecular weight excluding hydrogens is 318 g/mol. The Balaban J connectivity index is 1.55. The van der Waals surface area contributed by atoms with Crippen LogP contribution in [0.3, 0.4) is 0 Å². The van der Waals surface area contributed by atoms with E-state index < -0.39 is 0 Å². The van der Waals surface area contributed by atoms with Crippen LogP contribution in [0.25, 0.3) is 16.7 Å². The lowest BCUT2D eigenvalue weighted by atomic mass is 9.98. The van der Waals surface area contributed by atoms with E-state index in [1.54, 1.807) is 0 Å². The summed E-state index contributed by atoms with van der Waals surface area (Å²) in [6, 6.07) is 28.4. The minimum Gasteiger partial charge on any atom is -0.315 e. The number of allylic oxidation sites excluding steroid dienone is 1. The second kappa shape index (κ2) is 7.40. The van der Waals surface area contributed by atoms with Crippen molar-refractivity contribution in [1.82, 2.24) is 4.90 Å². The van der Waals surface area contributed by atoms with Gasteiger partial charge in [-0.2, -0.15) is 0 Å². The fourth-order valence-corrected chi connectivity index (χ4v) is 3.39. The van der Waals surface area contributed by atoms with Gasteiger partial charge in [0.05, 0.1) is 0 Å². The van der Waals surface area contributed by atoms with Gasteiger partial charge in [0.25, 0.3) is 5.91 Å². The van der Waals surface area contributed by atoms with Crippen LogP contribution in [0, 0.1) is 0 Å². The van der Waals surface area contributed by atoms with Crippen molar-refractivity contribution in [2.24, 2.45) is 0 Å². The van der Waals surface area contributed by atoms with Gasteiger partial charge < -0.3 is 4.90 Å². The molecule has 0 unspecified atom stereocenters. The summed E-state index contributed by atoms with van der Waals surface area (Å²) in [4.78, 5) is 14.8. The standard InChI is InChI=1S/C24H21NO/c26-24(22-15-13-21(14-16-22)19-8-3-1-4-9-19)25-17-7-12-23(18-25)20-10-5-2-6-11-20/h1-6,8-11,13-16,18H,7,12,17H2. The summed E-state index contributed by atoms with van der Waals surface area (Å²) in [7, 11) is 0. The van der Waals surface area contributed by atoms with Gasteiger partial charge >= 0.3 is 0 Å². The van der Waals surface area contributed by atoms with E-state index >= 15 is 0 Å². The molecule has 0 fully saturated rings. The minimum absolute atomic E-state index is 0.0674. The molecule has 0 N–H and O–H groups in total. The molecule has 4 rings (SSSR count). The van der Waals surface area contributed by atoms with Gasteiger partial charge in [-0.1, -0.05) is 72.8 Å². The lowest BCUT2D eigenvalue weighted by Crippen LogP contribution is -2.29. The van der Waals surface area contributed by atoms with Gasteiger partial charge in [-0.25, -0.2) is 0 Å². The smallest absolute Gasteiger partial charge is 0.257 e. The molecule has 1 aliphatic rings. The van der Waals surface area contributed by atoms with Gasteiger partial charge in [0.15, 0.2) is 0 Å². The molecule has 1 heterocycles. The Morgan fingerprint density at radius 1 is 0.692 bits per heavy atom. The van der Waals surface area contributed by atoms with Crippen molar-refractivity contribution in [3.8, 4) is 11.1 Å². The Bertz CT molecular complexity index is 911. The van der Waals surface area contributed by atoms with Crippen molar-refractivity contribution in [1.29, 1.82) is 0 Å². The maximum atomic E-state index is 12.9. The van der Waals surface area contributed by atoms with Crippen molar-refractivity contribution in [2.45, 2.75) is 12.8 Å². The molecule has 3 aromatic carbocycles. The van der Waals surface area contributed by atoms with Crippen molar-refractivity contribution in [3.05, 3.63) is 102 Å². The number of hydrogen-bond acceptors (Lipinski definition) is 1. The van der Waals surface area contributed by atoms with Gasteiger partial charge in [0.1, 0.15) is 0 Å². The highest BCUT2D eigenvalue weighted by molar-refractivity contribution is 5.96. The molecule has 0 aliphatic carbocycles. The number of rotatable bonds is 3. The maximum absolute atomic E-state index is 12.9. The van der Waals surface area contributed by atoms with E-state index in [0.29, 0.717) is 0 Å². The first-order valence-electron chi connectivity index (χ1n) is 9.04. The molecule has 3 aromatic rings. The van der Waals surface area contributed by atoms with E-state index in [2.05, 4.69) is 24.3 Å². The Hall–Kier alpha value is -3.13. The fraction of sp³-hybridized carbons (Fsp3) is 0.125. The quantitative estimate of drug-likeness (QED) is 0.605. The molecule has 1 amide bonds. The molecule has 0 radical (unpaired) electrons. The van der Waals surface area contributed by atoms with Gasteiger partial charge in [0, 0.05) is 18.3 Å². The number of nitrogens with zero attached hydrogens (tertiary/aromatic N) is 1. The van der Waals surface area contributed by atoms with E-state index in [9.17, 15) is 4.79 Å². The van der Waals surface area contributed by atoms with E-state index in [1.165, 1.54) is 11.1 Å². The SMILES string of the molecule is O=C(c1ccc(-c2ccccc2)cc1)N1C=C(c2ccccc2)CCC1. The van der Waals surface area contributed by atoms with Crippen LogP contribution in [-0.2, 0) is 0 Å². The van der Waals surface area contributed by atoms with Crippen LogP contribution in [0.2, 0.25) is 0 Å². The molecule has 2 nitrogen and oxygen atoms in total. The number of amides is 1. The molecule has 0 saturated carbocycles. The highest BCUT2D eigenvalue weighted by Gasteiger charge is 2.19. The molecule has 2 heteroatoms. The van der Waals surface area contributed by atoms with Gasteiger partial charge in [-0.3, -0.25) is 4.79 Å². The Labute approximate surface area is 154 Å². The number of hydrogen-bond donors (Lipinski definition) is 0. The largest absolute Gasteiger partial charge is 0.315 e. The molecular formula is C24H21NO. The summed E-state index contributed by atoms with van der Waals surface area (Å²) in [6.45, 7) is 0.773. The van der Waals surface area contributed by atoms with E-state index in [-0.39, 0.29) is 5.91 Å². The van der Waals surface area contributed by atoms with E-state index in [4.69, 9.17) is 0 Å². The topological polar surface area (TPSA) is 20.3 Å². The van der Waals surface area contributed by atoms with Crippen LogP contribution in [0.4, 0.5) is 0 Å². The summed E-state index contributed by atoms with van der Waals surface area (Å²) in [6.07, 6.45) is 4.03. The van der Waals surface area contributed by atoms with Crippen molar-refractivity contribution in [2.75, 3.05) is 6.54 Å². The highest BCUT2D eigenvalue weighted by Crippen LogP contribution is 2.26. The molecule has 1 aliphatic heterocycles. The molecule has 128 valence electrons.